The summed E-state index contributed by atoms with van der Waals surface area (Å²) in [6, 6.07) is 6.56. The van der Waals surface area contributed by atoms with Gasteiger partial charge in [0.2, 0.25) is 5.91 Å². The van der Waals surface area contributed by atoms with Crippen LogP contribution in [0, 0.1) is 11.2 Å². The standard InChI is InChI=1S/C16H21FN2O.ClH/c17-14-4-1-3-13(11-14)12-19-10-2-5-16(15(19)20)6-8-18-9-7-16;/h1,3-4,11,18H,2,5-10,12H2;1H. The summed E-state index contributed by atoms with van der Waals surface area (Å²) in [7, 11) is 0. The normalized spacial score (nSPS) is 21.2. The SMILES string of the molecule is Cl.O=C1N(Cc2cccc(F)c2)CCCC12CCNCC2. The van der Waals surface area contributed by atoms with Crippen LogP contribution in [0.15, 0.2) is 24.3 Å². The lowest BCUT2D eigenvalue weighted by Crippen LogP contribution is -2.52. The molecule has 0 bridgehead atoms. The average molecular weight is 313 g/mol. The average Bonchev–Trinajstić information content (AvgIpc) is 2.45. The third-order valence-electron chi connectivity index (χ3n) is 4.65. The van der Waals surface area contributed by atoms with Crippen molar-refractivity contribution in [1.29, 1.82) is 0 Å². The first-order valence-electron chi connectivity index (χ1n) is 7.44. The molecule has 0 unspecified atom stereocenters. The number of hydrogen-bond acceptors (Lipinski definition) is 2. The summed E-state index contributed by atoms with van der Waals surface area (Å²) in [4.78, 5) is 14.7. The highest BCUT2D eigenvalue weighted by atomic mass is 35.5. The van der Waals surface area contributed by atoms with Crippen molar-refractivity contribution in [3.63, 3.8) is 0 Å². The number of carbonyl (C=O) groups is 1. The van der Waals surface area contributed by atoms with Gasteiger partial charge < -0.3 is 10.2 Å². The van der Waals surface area contributed by atoms with Crippen molar-refractivity contribution in [3.05, 3.63) is 35.6 Å². The van der Waals surface area contributed by atoms with Crippen molar-refractivity contribution in [2.45, 2.75) is 32.2 Å². The zero-order chi connectivity index (χ0) is 14.0. The second-order valence-electron chi connectivity index (χ2n) is 5.99. The molecule has 0 saturated carbocycles. The summed E-state index contributed by atoms with van der Waals surface area (Å²) in [5.41, 5.74) is 0.723. The first kappa shape index (κ1) is 16.2. The van der Waals surface area contributed by atoms with Crippen molar-refractivity contribution < 1.29 is 9.18 Å². The topological polar surface area (TPSA) is 32.3 Å². The number of likely N-dealkylation sites (tertiary alicyclic amines) is 1. The number of piperidine rings is 2. The molecule has 0 aromatic heterocycles. The monoisotopic (exact) mass is 312 g/mol. The third-order valence-corrected chi connectivity index (χ3v) is 4.65. The molecule has 3 nitrogen and oxygen atoms in total. The lowest BCUT2D eigenvalue weighted by Gasteiger charge is -2.44. The fourth-order valence-corrected chi connectivity index (χ4v) is 3.53. The molecule has 2 heterocycles. The predicted octanol–water partition coefficient (Wildman–Crippen LogP) is 2.74. The van der Waals surface area contributed by atoms with Gasteiger partial charge in [0.05, 0.1) is 5.41 Å². The highest BCUT2D eigenvalue weighted by Gasteiger charge is 2.44. The Hall–Kier alpha value is -1.13. The van der Waals surface area contributed by atoms with Crippen LogP contribution in [0.25, 0.3) is 0 Å². The van der Waals surface area contributed by atoms with E-state index < -0.39 is 0 Å². The summed E-state index contributed by atoms with van der Waals surface area (Å²) >= 11 is 0. The Bertz CT molecular complexity index is 497. The number of nitrogens with zero attached hydrogens (tertiary/aromatic N) is 1. The molecule has 21 heavy (non-hydrogen) atoms. The Morgan fingerprint density at radius 2 is 2.00 bits per heavy atom. The van der Waals surface area contributed by atoms with Crippen LogP contribution in [0.5, 0.6) is 0 Å². The molecule has 1 amide bonds. The van der Waals surface area contributed by atoms with E-state index in [0.29, 0.717) is 6.54 Å². The van der Waals surface area contributed by atoms with E-state index in [0.717, 1.165) is 50.9 Å². The van der Waals surface area contributed by atoms with Crippen LogP contribution in [-0.4, -0.2) is 30.4 Å². The number of rotatable bonds is 2. The Balaban J connectivity index is 0.00000161. The maximum absolute atomic E-state index is 13.3. The molecule has 116 valence electrons. The Morgan fingerprint density at radius 3 is 2.71 bits per heavy atom. The molecule has 0 aliphatic carbocycles. The smallest absolute Gasteiger partial charge is 0.229 e. The quantitative estimate of drug-likeness (QED) is 0.910. The fourth-order valence-electron chi connectivity index (χ4n) is 3.53. The van der Waals surface area contributed by atoms with Crippen molar-refractivity contribution in [2.24, 2.45) is 5.41 Å². The minimum atomic E-state index is -0.233. The van der Waals surface area contributed by atoms with Gasteiger partial charge in [0.15, 0.2) is 0 Å². The van der Waals surface area contributed by atoms with Crippen molar-refractivity contribution in [3.8, 4) is 0 Å². The molecule has 1 aromatic carbocycles. The fraction of sp³-hybridized carbons (Fsp3) is 0.562. The maximum atomic E-state index is 13.3. The summed E-state index contributed by atoms with van der Waals surface area (Å²) < 4.78 is 13.3. The molecule has 5 heteroatoms. The van der Waals surface area contributed by atoms with Crippen molar-refractivity contribution >= 4 is 18.3 Å². The summed E-state index contributed by atoms with van der Waals surface area (Å²) in [5, 5.41) is 3.33. The minimum absolute atomic E-state index is 0. The first-order valence-corrected chi connectivity index (χ1v) is 7.44. The van der Waals surface area contributed by atoms with Crippen LogP contribution >= 0.6 is 12.4 Å². The highest BCUT2D eigenvalue weighted by Crippen LogP contribution is 2.39. The lowest BCUT2D eigenvalue weighted by atomic mass is 9.72. The zero-order valence-electron chi connectivity index (χ0n) is 12.1. The Morgan fingerprint density at radius 1 is 1.24 bits per heavy atom. The van der Waals surface area contributed by atoms with Crippen LogP contribution in [0.2, 0.25) is 0 Å². The molecule has 3 rings (SSSR count). The van der Waals surface area contributed by atoms with E-state index in [1.165, 1.54) is 12.1 Å². The minimum Gasteiger partial charge on any atom is -0.338 e. The largest absolute Gasteiger partial charge is 0.338 e. The zero-order valence-corrected chi connectivity index (χ0v) is 12.9. The molecule has 1 N–H and O–H groups in total. The molecule has 1 aromatic rings. The number of nitrogens with one attached hydrogen (secondary N) is 1. The molecule has 2 fully saturated rings. The molecule has 2 aliphatic heterocycles. The van der Waals surface area contributed by atoms with Crippen LogP contribution in [-0.2, 0) is 11.3 Å². The Kier molecular flexibility index (Phi) is 5.22. The van der Waals surface area contributed by atoms with Gasteiger partial charge >= 0.3 is 0 Å². The van der Waals surface area contributed by atoms with Gasteiger partial charge in [0.25, 0.3) is 0 Å². The van der Waals surface area contributed by atoms with Gasteiger partial charge in [-0.3, -0.25) is 4.79 Å². The second kappa shape index (κ2) is 6.75. The number of halogens is 2. The highest BCUT2D eigenvalue weighted by molar-refractivity contribution is 5.85. The van der Waals surface area contributed by atoms with Crippen LogP contribution in [0.4, 0.5) is 4.39 Å². The van der Waals surface area contributed by atoms with Crippen LogP contribution < -0.4 is 5.32 Å². The second-order valence-corrected chi connectivity index (χ2v) is 5.99. The van der Waals surface area contributed by atoms with Crippen molar-refractivity contribution in [1.82, 2.24) is 10.2 Å². The molecule has 1 spiro atoms. The summed E-state index contributed by atoms with van der Waals surface area (Å²) in [5.74, 6) is 0.0399. The van der Waals surface area contributed by atoms with Gasteiger partial charge in [-0.25, -0.2) is 4.39 Å². The first-order chi connectivity index (χ1) is 9.70. The van der Waals surface area contributed by atoms with E-state index in [9.17, 15) is 9.18 Å². The van der Waals surface area contributed by atoms with E-state index in [2.05, 4.69) is 5.32 Å². The van der Waals surface area contributed by atoms with Gasteiger partial charge in [0, 0.05) is 13.1 Å². The third kappa shape index (κ3) is 3.38. The number of amides is 1. The van der Waals surface area contributed by atoms with Crippen molar-refractivity contribution in [2.75, 3.05) is 19.6 Å². The number of carbonyl (C=O) groups excluding carboxylic acids is 1. The molecular formula is C16H22ClFN2O. The van der Waals surface area contributed by atoms with E-state index in [1.54, 1.807) is 6.07 Å². The van der Waals surface area contributed by atoms with E-state index >= 15 is 0 Å². The molecule has 0 atom stereocenters. The maximum Gasteiger partial charge on any atom is 0.229 e. The van der Waals surface area contributed by atoms with E-state index in [1.807, 2.05) is 11.0 Å². The summed E-state index contributed by atoms with van der Waals surface area (Å²) in [6.45, 7) is 3.19. The van der Waals surface area contributed by atoms with Gasteiger partial charge in [-0.15, -0.1) is 12.4 Å². The van der Waals surface area contributed by atoms with E-state index in [4.69, 9.17) is 0 Å². The van der Waals surface area contributed by atoms with Gasteiger partial charge in [-0.1, -0.05) is 12.1 Å². The summed E-state index contributed by atoms with van der Waals surface area (Å²) in [6.07, 6.45) is 3.94. The van der Waals surface area contributed by atoms with Gasteiger partial charge in [-0.05, 0) is 56.5 Å². The van der Waals surface area contributed by atoms with E-state index in [-0.39, 0.29) is 29.5 Å². The molecular weight excluding hydrogens is 291 g/mol. The lowest BCUT2D eigenvalue weighted by molar-refractivity contribution is -0.149. The van der Waals surface area contributed by atoms with Gasteiger partial charge in [0.1, 0.15) is 5.82 Å². The van der Waals surface area contributed by atoms with Crippen LogP contribution in [0.1, 0.15) is 31.2 Å². The number of hydrogen-bond donors (Lipinski definition) is 1. The predicted molar refractivity (Wildman–Crippen MR) is 82.8 cm³/mol. The van der Waals surface area contributed by atoms with Crippen LogP contribution in [0.3, 0.4) is 0 Å². The molecule has 2 saturated heterocycles. The van der Waals surface area contributed by atoms with Gasteiger partial charge in [-0.2, -0.15) is 0 Å². The molecule has 0 radical (unpaired) electrons. The Labute approximate surface area is 131 Å². The number of benzene rings is 1. The molecule has 2 aliphatic rings.